The van der Waals surface area contributed by atoms with Crippen molar-refractivity contribution in [3.63, 3.8) is 0 Å². The zero-order valence-electron chi connectivity index (χ0n) is 18.3. The number of oxazole rings is 1. The van der Waals surface area contributed by atoms with E-state index in [-0.39, 0.29) is 11.9 Å². The molecule has 30 heavy (non-hydrogen) atoms. The summed E-state index contributed by atoms with van der Waals surface area (Å²) in [7, 11) is 0. The van der Waals surface area contributed by atoms with Crippen molar-refractivity contribution in [2.24, 2.45) is 0 Å². The SMILES string of the molecule is CCC(C)NC(=O)c1coc(CN(Cc2ccccc2)Cc2cc(C)ccc2C)n1. The van der Waals surface area contributed by atoms with E-state index in [2.05, 4.69) is 59.4 Å². The molecule has 1 amide bonds. The Kier molecular flexibility index (Phi) is 7.41. The maximum Gasteiger partial charge on any atom is 0.273 e. The Morgan fingerprint density at radius 2 is 1.87 bits per heavy atom. The van der Waals surface area contributed by atoms with Crippen molar-refractivity contribution in [1.29, 1.82) is 0 Å². The van der Waals surface area contributed by atoms with E-state index >= 15 is 0 Å². The number of rotatable bonds is 9. The number of aromatic nitrogens is 1. The van der Waals surface area contributed by atoms with Gasteiger partial charge in [0.25, 0.3) is 5.91 Å². The minimum Gasteiger partial charge on any atom is -0.447 e. The lowest BCUT2D eigenvalue weighted by Crippen LogP contribution is -2.32. The average Bonchev–Trinajstić information content (AvgIpc) is 3.20. The summed E-state index contributed by atoms with van der Waals surface area (Å²) in [6, 6.07) is 17.0. The van der Waals surface area contributed by atoms with Crippen molar-refractivity contribution < 1.29 is 9.21 Å². The van der Waals surface area contributed by atoms with Crippen LogP contribution >= 0.6 is 0 Å². The van der Waals surface area contributed by atoms with Crippen molar-refractivity contribution in [2.45, 2.75) is 59.8 Å². The predicted octanol–water partition coefficient (Wildman–Crippen LogP) is 5.02. The quantitative estimate of drug-likeness (QED) is 0.543. The van der Waals surface area contributed by atoms with Gasteiger partial charge < -0.3 is 9.73 Å². The molecule has 0 aliphatic heterocycles. The van der Waals surface area contributed by atoms with Crippen LogP contribution in [0.25, 0.3) is 0 Å². The Morgan fingerprint density at radius 1 is 1.10 bits per heavy atom. The second-order valence-corrected chi connectivity index (χ2v) is 7.97. The Hall–Kier alpha value is -2.92. The molecule has 0 aliphatic rings. The van der Waals surface area contributed by atoms with Crippen LogP contribution in [0.3, 0.4) is 0 Å². The van der Waals surface area contributed by atoms with E-state index in [1.165, 1.54) is 28.5 Å². The first kappa shape index (κ1) is 21.8. The number of hydrogen-bond acceptors (Lipinski definition) is 4. The Morgan fingerprint density at radius 3 is 2.60 bits per heavy atom. The van der Waals surface area contributed by atoms with Gasteiger partial charge in [0.05, 0.1) is 6.54 Å². The lowest BCUT2D eigenvalue weighted by atomic mass is 10.0. The predicted molar refractivity (Wildman–Crippen MR) is 119 cm³/mol. The lowest BCUT2D eigenvalue weighted by Gasteiger charge is -2.22. The summed E-state index contributed by atoms with van der Waals surface area (Å²) in [6.45, 7) is 10.3. The van der Waals surface area contributed by atoms with Crippen molar-refractivity contribution >= 4 is 5.91 Å². The van der Waals surface area contributed by atoms with E-state index in [0.717, 1.165) is 19.5 Å². The lowest BCUT2D eigenvalue weighted by molar-refractivity contribution is 0.0934. The van der Waals surface area contributed by atoms with Crippen LogP contribution < -0.4 is 5.32 Å². The minimum absolute atomic E-state index is 0.108. The third-order valence-electron chi connectivity index (χ3n) is 5.28. The molecule has 158 valence electrons. The van der Waals surface area contributed by atoms with Crippen LogP contribution in [0.15, 0.2) is 59.2 Å². The molecule has 0 spiro atoms. The summed E-state index contributed by atoms with van der Waals surface area (Å²) in [4.78, 5) is 19.1. The number of hydrogen-bond donors (Lipinski definition) is 1. The zero-order chi connectivity index (χ0) is 21.5. The Labute approximate surface area is 179 Å². The van der Waals surface area contributed by atoms with Gasteiger partial charge in [0.1, 0.15) is 6.26 Å². The number of nitrogens with zero attached hydrogens (tertiary/aromatic N) is 2. The van der Waals surface area contributed by atoms with Gasteiger partial charge in [-0.2, -0.15) is 0 Å². The van der Waals surface area contributed by atoms with Crippen molar-refractivity contribution in [3.8, 4) is 0 Å². The van der Waals surface area contributed by atoms with Gasteiger partial charge in [-0.05, 0) is 43.9 Å². The van der Waals surface area contributed by atoms with Crippen molar-refractivity contribution in [1.82, 2.24) is 15.2 Å². The zero-order valence-corrected chi connectivity index (χ0v) is 18.3. The van der Waals surface area contributed by atoms with Gasteiger partial charge in [0.2, 0.25) is 5.89 Å². The van der Waals surface area contributed by atoms with Gasteiger partial charge >= 0.3 is 0 Å². The van der Waals surface area contributed by atoms with E-state index in [4.69, 9.17) is 4.42 Å². The molecule has 1 N–H and O–H groups in total. The fraction of sp³-hybridized carbons (Fsp3) is 0.360. The summed E-state index contributed by atoms with van der Waals surface area (Å²) >= 11 is 0. The second kappa shape index (κ2) is 10.2. The van der Waals surface area contributed by atoms with Crippen LogP contribution in [0, 0.1) is 13.8 Å². The molecule has 0 bridgehead atoms. The first-order valence-corrected chi connectivity index (χ1v) is 10.5. The number of aryl methyl sites for hydroxylation is 2. The molecule has 2 aromatic carbocycles. The molecule has 1 atom stereocenters. The number of amides is 1. The highest BCUT2D eigenvalue weighted by Crippen LogP contribution is 2.18. The topological polar surface area (TPSA) is 58.4 Å². The number of benzene rings is 2. The molecule has 3 rings (SSSR count). The largest absolute Gasteiger partial charge is 0.447 e. The number of carbonyl (C=O) groups excluding carboxylic acids is 1. The molecule has 1 aromatic heterocycles. The molecule has 0 saturated heterocycles. The molecular formula is C25H31N3O2. The normalized spacial score (nSPS) is 12.2. The maximum atomic E-state index is 12.3. The first-order chi connectivity index (χ1) is 14.4. The minimum atomic E-state index is -0.191. The van der Waals surface area contributed by atoms with Gasteiger partial charge in [-0.1, -0.05) is 61.0 Å². The highest BCUT2D eigenvalue weighted by atomic mass is 16.3. The van der Waals surface area contributed by atoms with E-state index in [0.29, 0.717) is 18.1 Å². The van der Waals surface area contributed by atoms with Gasteiger partial charge in [-0.3, -0.25) is 9.69 Å². The summed E-state index contributed by atoms with van der Waals surface area (Å²) in [6.07, 6.45) is 2.32. The molecule has 0 saturated carbocycles. The van der Waals surface area contributed by atoms with Gasteiger partial charge in [0, 0.05) is 19.1 Å². The van der Waals surface area contributed by atoms with Crippen LogP contribution in [0.5, 0.6) is 0 Å². The average molecular weight is 406 g/mol. The molecule has 0 radical (unpaired) electrons. The molecule has 3 aromatic rings. The van der Waals surface area contributed by atoms with E-state index in [1.54, 1.807) is 0 Å². The van der Waals surface area contributed by atoms with Crippen LogP contribution in [-0.2, 0) is 19.6 Å². The van der Waals surface area contributed by atoms with E-state index in [9.17, 15) is 4.79 Å². The summed E-state index contributed by atoms with van der Waals surface area (Å²) in [5, 5.41) is 2.93. The second-order valence-electron chi connectivity index (χ2n) is 7.97. The van der Waals surface area contributed by atoms with Crippen LogP contribution in [0.2, 0.25) is 0 Å². The third-order valence-corrected chi connectivity index (χ3v) is 5.28. The van der Waals surface area contributed by atoms with Crippen molar-refractivity contribution in [3.05, 3.63) is 88.6 Å². The standard InChI is InChI=1S/C25H31N3O2/c1-5-20(4)26-25(29)23-17-30-24(27-23)16-28(14-21-9-7-6-8-10-21)15-22-13-18(2)11-12-19(22)3/h6-13,17,20H,5,14-16H2,1-4H3,(H,26,29). The van der Waals surface area contributed by atoms with Gasteiger partial charge in [0.15, 0.2) is 5.69 Å². The molecule has 0 aliphatic carbocycles. The fourth-order valence-electron chi connectivity index (χ4n) is 3.30. The van der Waals surface area contributed by atoms with E-state index in [1.807, 2.05) is 32.0 Å². The highest BCUT2D eigenvalue weighted by Gasteiger charge is 2.17. The maximum absolute atomic E-state index is 12.3. The Bertz CT molecular complexity index is 966. The number of nitrogens with one attached hydrogen (secondary N) is 1. The summed E-state index contributed by atoms with van der Waals surface area (Å²) < 4.78 is 5.65. The van der Waals surface area contributed by atoms with Crippen molar-refractivity contribution in [2.75, 3.05) is 0 Å². The van der Waals surface area contributed by atoms with Crippen LogP contribution in [-0.4, -0.2) is 21.8 Å². The molecule has 5 heteroatoms. The highest BCUT2D eigenvalue weighted by molar-refractivity contribution is 5.92. The third kappa shape index (κ3) is 6.04. The summed E-state index contributed by atoms with van der Waals surface area (Å²) in [5.74, 6) is 0.356. The Balaban J connectivity index is 1.77. The number of carbonyl (C=O) groups is 1. The monoisotopic (exact) mass is 405 g/mol. The smallest absolute Gasteiger partial charge is 0.273 e. The fourth-order valence-corrected chi connectivity index (χ4v) is 3.30. The first-order valence-electron chi connectivity index (χ1n) is 10.5. The van der Waals surface area contributed by atoms with Crippen LogP contribution in [0.1, 0.15) is 58.9 Å². The molecule has 1 heterocycles. The molecule has 5 nitrogen and oxygen atoms in total. The van der Waals surface area contributed by atoms with Crippen LogP contribution in [0.4, 0.5) is 0 Å². The summed E-state index contributed by atoms with van der Waals surface area (Å²) in [5.41, 5.74) is 5.35. The van der Waals surface area contributed by atoms with E-state index < -0.39 is 0 Å². The van der Waals surface area contributed by atoms with Gasteiger partial charge in [-0.25, -0.2) is 4.98 Å². The molecule has 0 fully saturated rings. The molecular weight excluding hydrogens is 374 g/mol. The molecule has 1 unspecified atom stereocenters. The van der Waals surface area contributed by atoms with Gasteiger partial charge in [-0.15, -0.1) is 0 Å².